The Hall–Kier alpha value is -1.67. The van der Waals surface area contributed by atoms with Gasteiger partial charge >= 0.3 is 0 Å². The summed E-state index contributed by atoms with van der Waals surface area (Å²) in [6.07, 6.45) is 0.941. The monoisotopic (exact) mass is 259 g/mol. The lowest BCUT2D eigenvalue weighted by Gasteiger charge is -2.14. The van der Waals surface area contributed by atoms with E-state index >= 15 is 0 Å². The molecule has 0 saturated heterocycles. The van der Waals surface area contributed by atoms with Crippen LogP contribution < -0.4 is 10.1 Å². The first-order valence-electron chi connectivity index (χ1n) is 5.96. The molecule has 0 radical (unpaired) electrons. The third-order valence-electron chi connectivity index (χ3n) is 3.36. The van der Waals surface area contributed by atoms with Crippen LogP contribution in [0.2, 0.25) is 5.02 Å². The summed E-state index contributed by atoms with van der Waals surface area (Å²) in [5.41, 5.74) is 3.50. The van der Waals surface area contributed by atoms with Crippen molar-refractivity contribution in [3.8, 4) is 5.75 Å². The van der Waals surface area contributed by atoms with Gasteiger partial charge in [0.25, 0.3) is 0 Å². The maximum atomic E-state index is 6.25. The van der Waals surface area contributed by atoms with Crippen LogP contribution in [0.5, 0.6) is 5.75 Å². The number of hydrogen-bond donors (Lipinski definition) is 1. The van der Waals surface area contributed by atoms with E-state index in [1.54, 1.807) is 7.11 Å². The lowest BCUT2D eigenvalue weighted by atomic mass is 10.0. The fraction of sp³-hybridized carbons (Fsp3) is 0.200. The number of ether oxygens (including phenoxy) is 1. The molecule has 0 aliphatic carbocycles. The zero-order valence-electron chi connectivity index (χ0n) is 10.1. The van der Waals surface area contributed by atoms with E-state index < -0.39 is 0 Å². The highest BCUT2D eigenvalue weighted by molar-refractivity contribution is 6.31. The highest BCUT2D eigenvalue weighted by atomic mass is 35.5. The molecule has 0 fully saturated rings. The summed E-state index contributed by atoms with van der Waals surface area (Å²) < 4.78 is 5.38. The van der Waals surface area contributed by atoms with E-state index in [1.807, 2.05) is 30.3 Å². The maximum Gasteiger partial charge on any atom is 0.142 e. The molecule has 92 valence electrons. The molecule has 0 saturated carbocycles. The maximum absolute atomic E-state index is 6.25. The van der Waals surface area contributed by atoms with Crippen molar-refractivity contribution < 1.29 is 4.74 Å². The van der Waals surface area contributed by atoms with Crippen molar-refractivity contribution in [2.24, 2.45) is 0 Å². The van der Waals surface area contributed by atoms with Crippen LogP contribution in [0.4, 0.5) is 5.69 Å². The summed E-state index contributed by atoms with van der Waals surface area (Å²) in [7, 11) is 1.69. The van der Waals surface area contributed by atoms with E-state index in [0.717, 1.165) is 28.4 Å². The molecule has 0 aromatic heterocycles. The van der Waals surface area contributed by atoms with Gasteiger partial charge in [-0.1, -0.05) is 41.9 Å². The van der Waals surface area contributed by atoms with Crippen LogP contribution in [0, 0.1) is 0 Å². The summed E-state index contributed by atoms with van der Waals surface area (Å²) in [6, 6.07) is 14.3. The number of para-hydroxylation sites is 1. The predicted octanol–water partition coefficient (Wildman–Crippen LogP) is 4.06. The third-order valence-corrected chi connectivity index (χ3v) is 3.70. The Morgan fingerprint density at radius 3 is 2.78 bits per heavy atom. The van der Waals surface area contributed by atoms with Gasteiger partial charge in [0.1, 0.15) is 5.75 Å². The fourth-order valence-electron chi connectivity index (χ4n) is 2.47. The molecule has 3 heteroatoms. The van der Waals surface area contributed by atoms with E-state index in [0.29, 0.717) is 0 Å². The Bertz CT molecular complexity index is 582. The van der Waals surface area contributed by atoms with E-state index in [9.17, 15) is 0 Å². The molecule has 0 bridgehead atoms. The van der Waals surface area contributed by atoms with Crippen LogP contribution in [0.25, 0.3) is 0 Å². The van der Waals surface area contributed by atoms with Gasteiger partial charge in [-0.15, -0.1) is 0 Å². The lowest BCUT2D eigenvalue weighted by Crippen LogP contribution is -2.06. The van der Waals surface area contributed by atoms with Crippen molar-refractivity contribution in [1.29, 1.82) is 0 Å². The Labute approximate surface area is 112 Å². The van der Waals surface area contributed by atoms with Crippen LogP contribution in [-0.4, -0.2) is 7.11 Å². The van der Waals surface area contributed by atoms with Crippen molar-refractivity contribution in [2.75, 3.05) is 12.4 Å². The zero-order chi connectivity index (χ0) is 12.5. The number of nitrogens with one attached hydrogen (secondary N) is 1. The molecule has 0 amide bonds. The summed E-state index contributed by atoms with van der Waals surface area (Å²) >= 11 is 6.25. The molecule has 2 aromatic carbocycles. The molecule has 0 spiro atoms. The molecule has 1 aliphatic rings. The molecular formula is C15H14ClNO. The van der Waals surface area contributed by atoms with Crippen LogP contribution in [0.15, 0.2) is 42.5 Å². The summed E-state index contributed by atoms with van der Waals surface area (Å²) in [5, 5.41) is 4.31. The normalized spacial score (nSPS) is 17.1. The smallest absolute Gasteiger partial charge is 0.142 e. The van der Waals surface area contributed by atoms with E-state index in [2.05, 4.69) is 17.4 Å². The van der Waals surface area contributed by atoms with Crippen molar-refractivity contribution in [1.82, 2.24) is 0 Å². The van der Waals surface area contributed by atoms with Crippen LogP contribution in [0.1, 0.15) is 17.2 Å². The van der Waals surface area contributed by atoms with Crippen LogP contribution in [0.3, 0.4) is 0 Å². The number of benzene rings is 2. The molecular weight excluding hydrogens is 246 g/mol. The van der Waals surface area contributed by atoms with Crippen molar-refractivity contribution in [3.63, 3.8) is 0 Å². The Balaban J connectivity index is 1.96. The molecule has 1 aliphatic heterocycles. The Kier molecular flexibility index (Phi) is 2.88. The highest BCUT2D eigenvalue weighted by Crippen LogP contribution is 2.41. The molecule has 3 rings (SSSR count). The van der Waals surface area contributed by atoms with Gasteiger partial charge in [0.15, 0.2) is 0 Å². The molecule has 18 heavy (non-hydrogen) atoms. The topological polar surface area (TPSA) is 21.3 Å². The number of hydrogen-bond acceptors (Lipinski definition) is 2. The largest absolute Gasteiger partial charge is 0.495 e. The van der Waals surface area contributed by atoms with E-state index in [-0.39, 0.29) is 6.04 Å². The van der Waals surface area contributed by atoms with Crippen molar-refractivity contribution >= 4 is 17.3 Å². The number of fused-ring (bicyclic) bond motifs is 1. The average molecular weight is 260 g/mol. The Morgan fingerprint density at radius 1 is 1.17 bits per heavy atom. The minimum absolute atomic E-state index is 0.227. The van der Waals surface area contributed by atoms with E-state index in [4.69, 9.17) is 16.3 Å². The molecule has 2 aromatic rings. The van der Waals surface area contributed by atoms with Gasteiger partial charge in [0.05, 0.1) is 18.8 Å². The number of halogens is 1. The van der Waals surface area contributed by atoms with Gasteiger partial charge in [0.2, 0.25) is 0 Å². The minimum Gasteiger partial charge on any atom is -0.495 e. The molecule has 2 nitrogen and oxygen atoms in total. The van der Waals surface area contributed by atoms with Crippen molar-refractivity contribution in [2.45, 2.75) is 12.5 Å². The SMILES string of the molecule is COc1cccc2c1NC(c1ccccc1Cl)C2. The average Bonchev–Trinajstić information content (AvgIpc) is 2.82. The zero-order valence-corrected chi connectivity index (χ0v) is 10.9. The van der Waals surface area contributed by atoms with Crippen LogP contribution in [-0.2, 0) is 6.42 Å². The second kappa shape index (κ2) is 4.54. The fourth-order valence-corrected chi connectivity index (χ4v) is 2.74. The first kappa shape index (κ1) is 11.4. The first-order valence-corrected chi connectivity index (χ1v) is 6.34. The first-order chi connectivity index (χ1) is 8.79. The van der Waals surface area contributed by atoms with Gasteiger partial charge in [-0.25, -0.2) is 0 Å². The highest BCUT2D eigenvalue weighted by Gasteiger charge is 2.25. The standard InChI is InChI=1S/C15H14ClNO/c1-18-14-8-4-5-10-9-13(17-15(10)14)11-6-2-3-7-12(11)16/h2-8,13,17H,9H2,1H3. The van der Waals surface area contributed by atoms with Crippen molar-refractivity contribution in [3.05, 3.63) is 58.6 Å². The minimum atomic E-state index is 0.227. The molecule has 1 atom stereocenters. The summed E-state index contributed by atoms with van der Waals surface area (Å²) in [6.45, 7) is 0. The second-order valence-corrected chi connectivity index (χ2v) is 4.82. The predicted molar refractivity (Wildman–Crippen MR) is 74.5 cm³/mol. The van der Waals surface area contributed by atoms with Gasteiger partial charge in [-0.3, -0.25) is 0 Å². The number of methoxy groups -OCH3 is 1. The van der Waals surface area contributed by atoms with Gasteiger partial charge in [0, 0.05) is 5.02 Å². The summed E-state index contributed by atoms with van der Waals surface area (Å²) in [4.78, 5) is 0. The lowest BCUT2D eigenvalue weighted by molar-refractivity contribution is 0.416. The Morgan fingerprint density at radius 2 is 2.00 bits per heavy atom. The van der Waals surface area contributed by atoms with E-state index in [1.165, 1.54) is 5.56 Å². The van der Waals surface area contributed by atoms with Gasteiger partial charge in [-0.2, -0.15) is 0 Å². The molecule has 1 heterocycles. The molecule has 1 N–H and O–H groups in total. The summed E-state index contributed by atoms with van der Waals surface area (Å²) in [5.74, 6) is 0.891. The number of rotatable bonds is 2. The van der Waals surface area contributed by atoms with Gasteiger partial charge in [-0.05, 0) is 29.7 Å². The number of anilines is 1. The quantitative estimate of drug-likeness (QED) is 0.878. The molecule has 1 unspecified atom stereocenters. The van der Waals surface area contributed by atoms with Crippen LogP contribution >= 0.6 is 11.6 Å². The van der Waals surface area contributed by atoms with Gasteiger partial charge < -0.3 is 10.1 Å². The second-order valence-electron chi connectivity index (χ2n) is 4.42. The third kappa shape index (κ3) is 1.83.